The van der Waals surface area contributed by atoms with Crippen molar-refractivity contribution < 1.29 is 62.6 Å². The van der Waals surface area contributed by atoms with E-state index in [1.54, 1.807) is 56.1 Å². The Kier molecular flexibility index (Phi) is 18.9. The highest BCUT2D eigenvalue weighted by Crippen LogP contribution is 2.37. The first-order chi connectivity index (χ1) is 34.8. The SMILES string of the molecule is CCCC(C)c1nc2nc[n+](C)c(N[C@H]3O[C@@H](CO)[C@H](NC(=O)C4(NC(=O)OCc5ccc(NC(=O)[C@H](C)NC(=O)[C@@H](NC(=O)CCN6C(=O)CC(C(CC)CC)C6=O)C(C)C)cc5)CC4)[C@@H](O)[C@@H]3OC)c2[nH]1. The lowest BCUT2D eigenvalue weighted by molar-refractivity contribution is -0.659. The maximum Gasteiger partial charge on any atom is 0.408 e. The van der Waals surface area contributed by atoms with Crippen molar-refractivity contribution in [3.8, 4) is 0 Å². The van der Waals surface area contributed by atoms with Crippen LogP contribution in [0.25, 0.3) is 11.2 Å². The van der Waals surface area contributed by atoms with E-state index in [1.807, 2.05) is 13.8 Å². The fraction of sp³-hybridized carbons (Fsp3) is 0.640. The number of aliphatic hydroxyl groups is 2. The molecule has 400 valence electrons. The Balaban J connectivity index is 0.952. The number of aromatic nitrogens is 4. The van der Waals surface area contributed by atoms with Gasteiger partial charge in [-0.3, -0.25) is 39.0 Å². The molecule has 6 rings (SSSR count). The fourth-order valence-electron chi connectivity index (χ4n) is 9.47. The number of amides is 7. The first kappa shape index (κ1) is 56.0. The Bertz CT molecular complexity index is 2460. The van der Waals surface area contributed by atoms with E-state index in [2.05, 4.69) is 60.7 Å². The number of rotatable bonds is 24. The van der Waals surface area contributed by atoms with Gasteiger partial charge in [0.05, 0.1) is 25.6 Å². The second-order valence-electron chi connectivity index (χ2n) is 19.8. The monoisotopic (exact) mass is 1020 g/mol. The number of ether oxygens (including phenoxy) is 3. The second-order valence-corrected chi connectivity index (χ2v) is 19.8. The number of hydrogen-bond acceptors (Lipinski definition) is 15. The summed E-state index contributed by atoms with van der Waals surface area (Å²) in [4.78, 5) is 105. The van der Waals surface area contributed by atoms with E-state index in [4.69, 9.17) is 14.2 Å². The third-order valence-corrected chi connectivity index (χ3v) is 14.2. The molecule has 0 bridgehead atoms. The molecule has 23 heteroatoms. The number of alkyl carbamates (subject to hydrolysis) is 1. The average molecular weight is 1020 g/mol. The van der Waals surface area contributed by atoms with Gasteiger partial charge in [0.1, 0.15) is 48.4 Å². The third kappa shape index (κ3) is 13.3. The van der Waals surface area contributed by atoms with Crippen molar-refractivity contribution in [1.29, 1.82) is 0 Å². The Morgan fingerprint density at radius 3 is 2.33 bits per heavy atom. The summed E-state index contributed by atoms with van der Waals surface area (Å²) in [5, 5.41) is 38.8. The number of aromatic amines is 1. The molecule has 2 saturated heterocycles. The van der Waals surface area contributed by atoms with Crippen molar-refractivity contribution in [1.82, 2.24) is 41.1 Å². The van der Waals surface area contributed by atoms with Gasteiger partial charge in [-0.25, -0.2) is 9.36 Å². The van der Waals surface area contributed by atoms with Crippen molar-refractivity contribution in [3.05, 3.63) is 42.0 Å². The van der Waals surface area contributed by atoms with Gasteiger partial charge in [0.2, 0.25) is 48.0 Å². The summed E-state index contributed by atoms with van der Waals surface area (Å²) < 4.78 is 19.1. The van der Waals surface area contributed by atoms with Gasteiger partial charge < -0.3 is 56.0 Å². The predicted molar refractivity (Wildman–Crippen MR) is 265 cm³/mol. The number of fused-ring (bicyclic) bond motifs is 1. The standard InChI is InChI=1S/C50H73N11O12/c1-10-13-27(6)41-55-38-42(57-41)51-25-60(8)43(38)58-46-40(71-9)39(65)37(33(23-62)73-46)56-48(69)50(19-20-50)59-49(70)72-24-29-14-16-31(17-15-29)53-44(66)28(7)52-45(67)36(26(4)5)54-34(63)18-21-61-35(64)22-32(47(61)68)30(11-2)12-3/h14-17,25-28,30,32-33,36-37,39-40,46,62,65H,10-13,18-24H2,1-9H3,(H6,52,53,54,55,56,57,58,59,63,66,67,69,70)/p+1/t27?,28-,32?,33-,36-,37-,39+,40-,46-/m0/s1. The van der Waals surface area contributed by atoms with Crippen LogP contribution in [0.5, 0.6) is 0 Å². The molecule has 7 amide bonds. The molecule has 4 heterocycles. The number of carbonyl (C=O) groups excluding carboxylic acids is 7. The summed E-state index contributed by atoms with van der Waals surface area (Å²) in [5.41, 5.74) is 0.734. The number of aryl methyl sites for hydroxylation is 1. The average Bonchev–Trinajstić information content (AvgIpc) is 3.92. The summed E-state index contributed by atoms with van der Waals surface area (Å²) in [6.07, 6.45) is 0.311. The number of carbonyl (C=O) groups is 7. The van der Waals surface area contributed by atoms with Crippen LogP contribution in [-0.4, -0.2) is 140 Å². The molecule has 2 unspecified atom stereocenters. The summed E-state index contributed by atoms with van der Waals surface area (Å²) >= 11 is 0. The number of H-pyrrole nitrogens is 1. The summed E-state index contributed by atoms with van der Waals surface area (Å²) in [6, 6.07) is 3.30. The first-order valence-corrected chi connectivity index (χ1v) is 25.4. The minimum absolute atomic E-state index is 0.0829. The molecule has 9 N–H and O–H groups in total. The highest BCUT2D eigenvalue weighted by molar-refractivity contribution is 6.04. The van der Waals surface area contributed by atoms with E-state index >= 15 is 0 Å². The van der Waals surface area contributed by atoms with Crippen molar-refractivity contribution in [2.75, 3.05) is 30.9 Å². The highest BCUT2D eigenvalue weighted by Gasteiger charge is 2.55. The van der Waals surface area contributed by atoms with Gasteiger partial charge in [0.15, 0.2) is 5.52 Å². The van der Waals surface area contributed by atoms with E-state index in [0.29, 0.717) is 41.1 Å². The number of likely N-dealkylation sites (tertiary alicyclic amines) is 1. The summed E-state index contributed by atoms with van der Waals surface area (Å²) in [6.45, 7) is 12.3. The number of benzene rings is 1. The molecule has 1 aromatic carbocycles. The molecule has 0 spiro atoms. The zero-order valence-electron chi connectivity index (χ0n) is 43.3. The van der Waals surface area contributed by atoms with Gasteiger partial charge >= 0.3 is 6.09 Å². The van der Waals surface area contributed by atoms with Crippen LogP contribution in [0.2, 0.25) is 0 Å². The molecule has 2 aromatic heterocycles. The molecular formula is C50H74N11O12+. The molecule has 1 aliphatic carbocycles. The smallest absolute Gasteiger partial charge is 0.408 e. The molecule has 3 aliphatic rings. The van der Waals surface area contributed by atoms with Crippen LogP contribution in [0, 0.1) is 17.8 Å². The summed E-state index contributed by atoms with van der Waals surface area (Å²) in [7, 11) is 3.18. The Morgan fingerprint density at radius 1 is 1.01 bits per heavy atom. The second kappa shape index (κ2) is 24.6. The topological polar surface area (TPSA) is 309 Å². The van der Waals surface area contributed by atoms with E-state index in [0.717, 1.165) is 36.4 Å². The van der Waals surface area contributed by atoms with Gasteiger partial charge in [-0.15, -0.1) is 0 Å². The fourth-order valence-corrected chi connectivity index (χ4v) is 9.47. The molecule has 3 aromatic rings. The molecule has 1 saturated carbocycles. The van der Waals surface area contributed by atoms with Crippen molar-refractivity contribution >= 4 is 64.2 Å². The maximum absolute atomic E-state index is 13.7. The van der Waals surface area contributed by atoms with Gasteiger partial charge in [0.25, 0.3) is 11.5 Å². The summed E-state index contributed by atoms with van der Waals surface area (Å²) in [5.74, 6) is -1.94. The van der Waals surface area contributed by atoms with Crippen LogP contribution in [0.1, 0.15) is 117 Å². The number of imide groups is 1. The number of anilines is 2. The van der Waals surface area contributed by atoms with Crippen molar-refractivity contribution in [3.63, 3.8) is 0 Å². The van der Waals surface area contributed by atoms with Gasteiger partial charge in [-0.2, -0.15) is 4.98 Å². The lowest BCUT2D eigenvalue weighted by atomic mass is 9.87. The van der Waals surface area contributed by atoms with Gasteiger partial charge in [-0.1, -0.05) is 77.9 Å². The molecule has 3 fully saturated rings. The quantitative estimate of drug-likeness (QED) is 0.0458. The lowest BCUT2D eigenvalue weighted by Gasteiger charge is -2.43. The molecular weight excluding hydrogens is 947 g/mol. The number of nitrogens with zero attached hydrogens (tertiary/aromatic N) is 4. The Morgan fingerprint density at radius 2 is 1.71 bits per heavy atom. The molecule has 2 aliphatic heterocycles. The van der Waals surface area contributed by atoms with Crippen LogP contribution >= 0.6 is 0 Å². The first-order valence-electron chi connectivity index (χ1n) is 25.4. The Hall–Kier alpha value is -6.30. The highest BCUT2D eigenvalue weighted by atomic mass is 16.6. The van der Waals surface area contributed by atoms with E-state index in [1.165, 1.54) is 14.0 Å². The third-order valence-electron chi connectivity index (χ3n) is 14.2. The minimum Gasteiger partial charge on any atom is -0.445 e. The lowest BCUT2D eigenvalue weighted by Crippen LogP contribution is -2.68. The molecule has 73 heavy (non-hydrogen) atoms. The molecule has 23 nitrogen and oxygen atoms in total. The van der Waals surface area contributed by atoms with Crippen LogP contribution in [0.15, 0.2) is 30.6 Å². The van der Waals surface area contributed by atoms with Crippen LogP contribution in [0.4, 0.5) is 16.3 Å². The number of aliphatic hydroxyl groups excluding tert-OH is 2. The normalized spacial score (nSPS) is 22.7. The van der Waals surface area contributed by atoms with E-state index < -0.39 is 84.5 Å². The number of methoxy groups -OCH3 is 1. The van der Waals surface area contributed by atoms with Gasteiger partial charge in [0, 0.05) is 38.1 Å². The van der Waals surface area contributed by atoms with Crippen LogP contribution in [0.3, 0.4) is 0 Å². The van der Waals surface area contributed by atoms with E-state index in [9.17, 15) is 43.8 Å². The van der Waals surface area contributed by atoms with E-state index in [-0.39, 0.29) is 61.5 Å². The Labute approximate surface area is 425 Å². The number of nitrogens with one attached hydrogen (secondary N) is 7. The van der Waals surface area contributed by atoms with Crippen LogP contribution in [-0.2, 0) is 56.6 Å². The zero-order valence-corrected chi connectivity index (χ0v) is 43.3. The number of imidazole rings is 1. The minimum atomic E-state index is -1.36. The largest absolute Gasteiger partial charge is 0.445 e. The molecule has 9 atom stereocenters. The van der Waals surface area contributed by atoms with Gasteiger partial charge in [-0.05, 0) is 55.7 Å². The molecule has 0 radical (unpaired) electrons. The van der Waals surface area contributed by atoms with Crippen molar-refractivity contribution in [2.24, 2.45) is 24.8 Å². The zero-order chi connectivity index (χ0) is 53.3. The predicted octanol–water partition coefficient (Wildman–Crippen LogP) is 1.92. The maximum atomic E-state index is 13.7. The van der Waals surface area contributed by atoms with Crippen LogP contribution < -0.4 is 36.5 Å². The number of hydrogen-bond donors (Lipinski definition) is 9. The van der Waals surface area contributed by atoms with Crippen molar-refractivity contribution in [2.45, 2.75) is 161 Å².